The van der Waals surface area contributed by atoms with Crippen LogP contribution in [0.2, 0.25) is 0 Å². The molecule has 5 nitrogen and oxygen atoms in total. The summed E-state index contributed by atoms with van der Waals surface area (Å²) in [4.78, 5) is 24.5. The molecule has 0 aromatic rings. The number of rotatable bonds is 54. The van der Waals surface area contributed by atoms with Crippen molar-refractivity contribution in [3.8, 4) is 0 Å². The maximum Gasteiger partial charge on any atom is 0.306 e. The largest absolute Gasteiger partial charge is 0.462 e. The van der Waals surface area contributed by atoms with Crippen LogP contribution in [0, 0.1) is 0 Å². The van der Waals surface area contributed by atoms with Gasteiger partial charge >= 0.3 is 11.9 Å². The van der Waals surface area contributed by atoms with Crippen molar-refractivity contribution in [2.24, 2.45) is 0 Å². The number of esters is 2. The Bertz CT molecular complexity index is 1450. The first-order valence-electron chi connectivity index (χ1n) is 30.1. The van der Waals surface area contributed by atoms with Crippen LogP contribution in [0.15, 0.2) is 122 Å². The van der Waals surface area contributed by atoms with Gasteiger partial charge in [0.15, 0.2) is 6.10 Å². The van der Waals surface area contributed by atoms with Gasteiger partial charge in [-0.25, -0.2) is 0 Å². The molecule has 1 atom stereocenters. The molecule has 0 aliphatic rings. The third kappa shape index (κ3) is 58.9. The van der Waals surface area contributed by atoms with E-state index in [0.717, 1.165) is 109 Å². The van der Waals surface area contributed by atoms with Gasteiger partial charge in [0.25, 0.3) is 0 Å². The molecule has 0 amide bonds. The Labute approximate surface area is 445 Å². The third-order valence-corrected chi connectivity index (χ3v) is 12.8. The number of hydrogen-bond acceptors (Lipinski definition) is 5. The molecule has 5 heteroatoms. The van der Waals surface area contributed by atoms with Gasteiger partial charge in [-0.2, -0.15) is 0 Å². The Morgan fingerprint density at radius 3 is 0.833 bits per heavy atom. The molecule has 0 heterocycles. The fourth-order valence-electron chi connectivity index (χ4n) is 8.32. The van der Waals surface area contributed by atoms with Crippen LogP contribution in [0.1, 0.15) is 271 Å². The fourth-order valence-corrected chi connectivity index (χ4v) is 8.32. The summed E-state index contributed by atoms with van der Waals surface area (Å²) in [5, 5.41) is 9.66. The van der Waals surface area contributed by atoms with Crippen molar-refractivity contribution in [2.75, 3.05) is 13.2 Å². The quantitative estimate of drug-likeness (QED) is 0.0373. The second-order valence-corrected chi connectivity index (χ2v) is 19.7. The molecule has 0 bridgehead atoms. The van der Waals surface area contributed by atoms with Gasteiger partial charge in [-0.15, -0.1) is 0 Å². The van der Waals surface area contributed by atoms with Gasteiger partial charge in [-0.05, 0) is 103 Å². The summed E-state index contributed by atoms with van der Waals surface area (Å²) in [6.45, 7) is 3.92. The van der Waals surface area contributed by atoms with Crippen molar-refractivity contribution in [2.45, 2.75) is 277 Å². The zero-order valence-electron chi connectivity index (χ0n) is 46.9. The Balaban J connectivity index is 3.49. The predicted octanol–water partition coefficient (Wildman–Crippen LogP) is 20.6. The Morgan fingerprint density at radius 2 is 0.556 bits per heavy atom. The summed E-state index contributed by atoms with van der Waals surface area (Å²) >= 11 is 0. The monoisotopic (exact) mass is 997 g/mol. The van der Waals surface area contributed by atoms with E-state index in [1.807, 2.05) is 0 Å². The average Bonchev–Trinajstić information content (AvgIpc) is 3.38. The highest BCUT2D eigenvalue weighted by molar-refractivity contribution is 5.70. The van der Waals surface area contributed by atoms with Crippen LogP contribution in [0.3, 0.4) is 0 Å². The summed E-state index contributed by atoms with van der Waals surface area (Å²) < 4.78 is 10.7. The van der Waals surface area contributed by atoms with E-state index < -0.39 is 6.10 Å². The molecule has 0 saturated heterocycles. The summed E-state index contributed by atoms with van der Waals surface area (Å²) in [7, 11) is 0. The summed E-state index contributed by atoms with van der Waals surface area (Å²) in [5.41, 5.74) is 0. The molecule has 0 radical (unpaired) electrons. The lowest BCUT2D eigenvalue weighted by Gasteiger charge is -2.15. The van der Waals surface area contributed by atoms with Crippen molar-refractivity contribution in [3.63, 3.8) is 0 Å². The van der Waals surface area contributed by atoms with Crippen molar-refractivity contribution in [3.05, 3.63) is 122 Å². The molecule has 1 unspecified atom stereocenters. The van der Waals surface area contributed by atoms with Crippen LogP contribution in [0.5, 0.6) is 0 Å². The van der Waals surface area contributed by atoms with Gasteiger partial charge in [0, 0.05) is 12.8 Å². The van der Waals surface area contributed by atoms with Gasteiger partial charge in [0.1, 0.15) is 6.61 Å². The van der Waals surface area contributed by atoms with E-state index in [1.165, 1.54) is 135 Å². The molecule has 0 aliphatic heterocycles. The lowest BCUT2D eigenvalue weighted by atomic mass is 10.0. The van der Waals surface area contributed by atoms with Crippen molar-refractivity contribution in [1.82, 2.24) is 0 Å². The summed E-state index contributed by atoms with van der Waals surface area (Å²) in [6, 6.07) is 0. The van der Waals surface area contributed by atoms with E-state index in [0.29, 0.717) is 12.8 Å². The highest BCUT2D eigenvalue weighted by atomic mass is 16.6. The molecule has 0 rings (SSSR count). The molecular formula is C67H112O5. The van der Waals surface area contributed by atoms with E-state index in [2.05, 4.69) is 135 Å². The van der Waals surface area contributed by atoms with Gasteiger partial charge in [0.05, 0.1) is 6.61 Å². The van der Waals surface area contributed by atoms with Crippen LogP contribution >= 0.6 is 0 Å². The molecule has 0 aliphatic carbocycles. The zero-order valence-corrected chi connectivity index (χ0v) is 46.9. The van der Waals surface area contributed by atoms with Crippen LogP contribution < -0.4 is 0 Å². The molecule has 0 fully saturated rings. The van der Waals surface area contributed by atoms with Gasteiger partial charge < -0.3 is 14.6 Å². The van der Waals surface area contributed by atoms with E-state index in [9.17, 15) is 14.7 Å². The van der Waals surface area contributed by atoms with E-state index in [-0.39, 0.29) is 25.2 Å². The molecular weight excluding hydrogens is 885 g/mol. The topological polar surface area (TPSA) is 72.8 Å². The lowest BCUT2D eigenvalue weighted by Crippen LogP contribution is -2.28. The van der Waals surface area contributed by atoms with Crippen LogP contribution in [-0.4, -0.2) is 36.4 Å². The first-order valence-corrected chi connectivity index (χ1v) is 30.1. The minimum absolute atomic E-state index is 0.0737. The molecule has 0 aromatic heterocycles. The first-order chi connectivity index (χ1) is 35.6. The number of carbonyl (C=O) groups excluding carboxylic acids is 2. The van der Waals surface area contributed by atoms with Gasteiger partial charge in [-0.1, -0.05) is 277 Å². The first kappa shape index (κ1) is 68.3. The summed E-state index contributed by atoms with van der Waals surface area (Å²) in [5.74, 6) is -0.597. The molecule has 410 valence electrons. The number of carbonyl (C=O) groups is 2. The number of allylic oxidation sites excluding steroid dienone is 20. The van der Waals surface area contributed by atoms with E-state index in [4.69, 9.17) is 9.47 Å². The minimum atomic E-state index is -0.782. The minimum Gasteiger partial charge on any atom is -0.462 e. The smallest absolute Gasteiger partial charge is 0.306 e. The van der Waals surface area contributed by atoms with Crippen LogP contribution in [0.25, 0.3) is 0 Å². The Morgan fingerprint density at radius 1 is 0.319 bits per heavy atom. The van der Waals surface area contributed by atoms with Crippen LogP contribution in [-0.2, 0) is 19.1 Å². The highest BCUT2D eigenvalue weighted by Crippen LogP contribution is 2.16. The number of aliphatic hydroxyl groups is 1. The maximum absolute atomic E-state index is 12.3. The van der Waals surface area contributed by atoms with E-state index in [1.54, 1.807) is 0 Å². The molecule has 72 heavy (non-hydrogen) atoms. The van der Waals surface area contributed by atoms with Crippen molar-refractivity contribution >= 4 is 11.9 Å². The molecule has 0 spiro atoms. The number of unbranched alkanes of at least 4 members (excludes halogenated alkanes) is 26. The second-order valence-electron chi connectivity index (χ2n) is 19.7. The van der Waals surface area contributed by atoms with Crippen molar-refractivity contribution in [1.29, 1.82) is 0 Å². The fraction of sp³-hybridized carbons (Fsp3) is 0.672. The molecule has 0 saturated carbocycles. The van der Waals surface area contributed by atoms with Gasteiger partial charge in [-0.3, -0.25) is 9.59 Å². The Hall–Kier alpha value is -3.70. The number of ether oxygens (including phenoxy) is 2. The highest BCUT2D eigenvalue weighted by Gasteiger charge is 2.16. The maximum atomic E-state index is 12.3. The van der Waals surface area contributed by atoms with Gasteiger partial charge in [0.2, 0.25) is 0 Å². The predicted molar refractivity (Wildman–Crippen MR) is 315 cm³/mol. The SMILES string of the molecule is CC/C=C\C/C=C\C/C=C\C/C=C\C/C=C\C/C=C\CCCCCCCCCCCCCCCCCCCCC(=O)OC(CO)COC(=O)CCCCCCCCCC/C=C\C/C=C\C/C=C\C/C=C\CC. The third-order valence-electron chi connectivity index (χ3n) is 12.8. The molecule has 1 N–H and O–H groups in total. The number of aliphatic hydroxyl groups excluding tert-OH is 1. The zero-order chi connectivity index (χ0) is 52.0. The normalized spacial score (nSPS) is 13.1. The lowest BCUT2D eigenvalue weighted by molar-refractivity contribution is -0.161. The number of hydrogen-bond donors (Lipinski definition) is 1. The van der Waals surface area contributed by atoms with Crippen LogP contribution in [0.4, 0.5) is 0 Å². The Kier molecular flexibility index (Phi) is 58.4. The second kappa shape index (κ2) is 61.6. The molecule has 0 aromatic carbocycles. The average molecular weight is 998 g/mol. The van der Waals surface area contributed by atoms with E-state index >= 15 is 0 Å². The standard InChI is InChI=1S/C67H112O5/c1-3-5-7-9-11-13-15-17-19-21-23-25-26-27-28-29-30-31-32-33-34-35-36-37-38-39-40-42-44-46-48-50-52-54-56-58-60-62-67(70)72-65(63-68)64-71-66(69)61-59-57-55-53-51-49-47-45-43-41-24-22-20-18-16-14-12-10-8-6-4-2/h5-8,11-14,17-20,23-25,27-28,30-31,41,65,68H,3-4,9-10,15-16,21-22,26,29,32-40,42-64H2,1-2H3/b7-5-,8-6-,13-11-,14-12-,19-17-,20-18-,25-23-,28-27-,31-30-,41-24-. The van der Waals surface area contributed by atoms with Crippen molar-refractivity contribution < 1.29 is 24.2 Å². The summed E-state index contributed by atoms with van der Waals surface area (Å²) in [6.07, 6.45) is 90.4.